The second-order valence-electron chi connectivity index (χ2n) is 4.12. The van der Waals surface area contributed by atoms with Gasteiger partial charge in [-0.05, 0) is 6.92 Å². The second kappa shape index (κ2) is 5.22. The lowest BCUT2D eigenvalue weighted by Gasteiger charge is -2.03. The van der Waals surface area contributed by atoms with Crippen LogP contribution in [0.5, 0.6) is 0 Å². The molecule has 0 spiro atoms. The lowest BCUT2D eigenvalue weighted by atomic mass is 10.4. The van der Waals surface area contributed by atoms with Crippen LogP contribution in [0.3, 0.4) is 0 Å². The first-order chi connectivity index (χ1) is 9.65. The Morgan fingerprint density at radius 1 is 1.40 bits per heavy atom. The van der Waals surface area contributed by atoms with Crippen molar-refractivity contribution < 1.29 is 0 Å². The van der Waals surface area contributed by atoms with E-state index in [0.29, 0.717) is 27.3 Å². The zero-order valence-corrected chi connectivity index (χ0v) is 12.2. The SMILES string of the molecule is Cc1csc2nc(CSc3nccnc3N)cc(=O)n12. The molecule has 0 unspecified atom stereocenters. The first kappa shape index (κ1) is 13.1. The van der Waals surface area contributed by atoms with Gasteiger partial charge in [-0.2, -0.15) is 0 Å². The lowest BCUT2D eigenvalue weighted by molar-refractivity contribution is 0.995. The molecule has 0 fully saturated rings. The van der Waals surface area contributed by atoms with Gasteiger partial charge in [-0.3, -0.25) is 9.20 Å². The maximum absolute atomic E-state index is 12.0. The predicted molar refractivity (Wildman–Crippen MR) is 80.1 cm³/mol. The van der Waals surface area contributed by atoms with Gasteiger partial charge < -0.3 is 5.73 Å². The van der Waals surface area contributed by atoms with Crippen LogP contribution >= 0.6 is 23.1 Å². The van der Waals surface area contributed by atoms with Crippen molar-refractivity contribution in [2.45, 2.75) is 17.7 Å². The molecule has 3 aromatic rings. The molecule has 0 aromatic carbocycles. The summed E-state index contributed by atoms with van der Waals surface area (Å²) in [5.74, 6) is 0.924. The topological polar surface area (TPSA) is 86.2 Å². The molecular weight excluding hydrogens is 294 g/mol. The van der Waals surface area contributed by atoms with E-state index in [0.717, 1.165) is 5.69 Å². The van der Waals surface area contributed by atoms with Gasteiger partial charge in [-0.15, -0.1) is 11.3 Å². The highest BCUT2D eigenvalue weighted by Gasteiger charge is 2.08. The molecule has 0 saturated heterocycles. The lowest BCUT2D eigenvalue weighted by Crippen LogP contribution is -2.14. The predicted octanol–water partition coefficient (Wildman–Crippen LogP) is 1.73. The number of fused-ring (bicyclic) bond motifs is 1. The van der Waals surface area contributed by atoms with E-state index in [-0.39, 0.29) is 5.56 Å². The summed E-state index contributed by atoms with van der Waals surface area (Å²) < 4.78 is 1.61. The minimum absolute atomic E-state index is 0.0588. The summed E-state index contributed by atoms with van der Waals surface area (Å²) in [6.45, 7) is 1.89. The Hall–Kier alpha value is -1.93. The van der Waals surface area contributed by atoms with Crippen molar-refractivity contribution in [2.75, 3.05) is 5.73 Å². The zero-order valence-electron chi connectivity index (χ0n) is 10.6. The first-order valence-electron chi connectivity index (χ1n) is 5.81. The largest absolute Gasteiger partial charge is 0.381 e. The molecule has 102 valence electrons. The van der Waals surface area contributed by atoms with Gasteiger partial charge in [-0.25, -0.2) is 15.0 Å². The maximum Gasteiger partial charge on any atom is 0.258 e. The van der Waals surface area contributed by atoms with Crippen molar-refractivity contribution in [3.63, 3.8) is 0 Å². The van der Waals surface area contributed by atoms with Gasteiger partial charge in [0.1, 0.15) is 5.03 Å². The smallest absolute Gasteiger partial charge is 0.258 e. The summed E-state index contributed by atoms with van der Waals surface area (Å²) in [7, 11) is 0. The number of hydrogen-bond acceptors (Lipinski definition) is 7. The van der Waals surface area contributed by atoms with Crippen molar-refractivity contribution >= 4 is 33.9 Å². The quantitative estimate of drug-likeness (QED) is 0.742. The fourth-order valence-corrected chi connectivity index (χ4v) is 3.42. The highest BCUT2D eigenvalue weighted by Crippen LogP contribution is 2.23. The second-order valence-corrected chi connectivity index (χ2v) is 5.92. The molecule has 2 N–H and O–H groups in total. The molecule has 3 rings (SSSR count). The van der Waals surface area contributed by atoms with Gasteiger partial charge >= 0.3 is 0 Å². The maximum atomic E-state index is 12.0. The van der Waals surface area contributed by atoms with E-state index in [1.54, 1.807) is 22.9 Å². The highest BCUT2D eigenvalue weighted by atomic mass is 32.2. The Morgan fingerprint density at radius 3 is 3.00 bits per heavy atom. The van der Waals surface area contributed by atoms with Gasteiger partial charge in [-0.1, -0.05) is 11.8 Å². The van der Waals surface area contributed by atoms with E-state index in [1.165, 1.54) is 23.1 Å². The monoisotopic (exact) mass is 305 g/mol. The number of aromatic nitrogens is 4. The van der Waals surface area contributed by atoms with Crippen LogP contribution < -0.4 is 11.3 Å². The molecule has 0 bridgehead atoms. The van der Waals surface area contributed by atoms with Crippen molar-refractivity contribution in [1.29, 1.82) is 0 Å². The molecule has 0 aliphatic carbocycles. The fraction of sp³-hybridized carbons (Fsp3) is 0.167. The number of rotatable bonds is 3. The molecule has 20 heavy (non-hydrogen) atoms. The van der Waals surface area contributed by atoms with Gasteiger partial charge in [0.25, 0.3) is 5.56 Å². The molecule has 0 amide bonds. The first-order valence-corrected chi connectivity index (χ1v) is 7.68. The Balaban J connectivity index is 1.89. The van der Waals surface area contributed by atoms with Gasteiger partial charge in [0.15, 0.2) is 10.8 Å². The summed E-state index contributed by atoms with van der Waals surface area (Å²) in [6.07, 6.45) is 3.14. The molecule has 3 aromatic heterocycles. The third-order valence-corrected chi connectivity index (χ3v) is 4.65. The van der Waals surface area contributed by atoms with Crippen LogP contribution in [0.25, 0.3) is 4.96 Å². The third-order valence-electron chi connectivity index (χ3n) is 2.68. The van der Waals surface area contributed by atoms with Crippen LogP contribution in [0.15, 0.2) is 33.7 Å². The van der Waals surface area contributed by atoms with E-state index in [2.05, 4.69) is 15.0 Å². The average Bonchev–Trinajstić information content (AvgIpc) is 2.80. The van der Waals surface area contributed by atoms with Crippen molar-refractivity contribution in [1.82, 2.24) is 19.4 Å². The number of thiazole rings is 1. The molecule has 0 atom stereocenters. The standard InChI is InChI=1S/C12H11N5OS2/c1-7-5-20-12-16-8(4-9(18)17(7)12)6-19-11-10(13)14-2-3-15-11/h2-5H,6H2,1H3,(H2,13,14). The Bertz CT molecular complexity index is 826. The van der Waals surface area contributed by atoms with Gasteiger partial charge in [0.2, 0.25) is 0 Å². The van der Waals surface area contributed by atoms with Crippen molar-refractivity contribution in [3.05, 3.63) is 45.6 Å². The van der Waals surface area contributed by atoms with Crippen LogP contribution in [0.4, 0.5) is 5.82 Å². The van der Waals surface area contributed by atoms with Crippen LogP contribution in [0.2, 0.25) is 0 Å². The number of nitrogens with two attached hydrogens (primary N) is 1. The Kier molecular flexibility index (Phi) is 3.41. The Morgan fingerprint density at radius 2 is 2.20 bits per heavy atom. The molecular formula is C12H11N5OS2. The van der Waals surface area contributed by atoms with E-state index < -0.39 is 0 Å². The third kappa shape index (κ3) is 2.39. The minimum Gasteiger partial charge on any atom is -0.381 e. The number of aryl methyl sites for hydroxylation is 1. The minimum atomic E-state index is -0.0588. The number of thioether (sulfide) groups is 1. The molecule has 6 nitrogen and oxygen atoms in total. The van der Waals surface area contributed by atoms with Crippen molar-refractivity contribution in [3.8, 4) is 0 Å². The molecule has 0 aliphatic heterocycles. The summed E-state index contributed by atoms with van der Waals surface area (Å²) in [4.78, 5) is 25.3. The van der Waals surface area contributed by atoms with E-state index in [1.807, 2.05) is 12.3 Å². The normalized spacial score (nSPS) is 11.1. The summed E-state index contributed by atoms with van der Waals surface area (Å²) >= 11 is 2.88. The van der Waals surface area contributed by atoms with Crippen LogP contribution in [-0.2, 0) is 5.75 Å². The summed E-state index contributed by atoms with van der Waals surface area (Å²) in [6, 6.07) is 1.55. The molecule has 0 radical (unpaired) electrons. The number of anilines is 1. The number of hydrogen-bond donors (Lipinski definition) is 1. The highest BCUT2D eigenvalue weighted by molar-refractivity contribution is 7.98. The van der Waals surface area contributed by atoms with Crippen LogP contribution in [-0.4, -0.2) is 19.4 Å². The van der Waals surface area contributed by atoms with E-state index in [9.17, 15) is 4.79 Å². The van der Waals surface area contributed by atoms with E-state index in [4.69, 9.17) is 5.73 Å². The summed E-state index contributed by atoms with van der Waals surface area (Å²) in [5.41, 5.74) is 7.29. The fourth-order valence-electron chi connectivity index (χ4n) is 1.76. The van der Waals surface area contributed by atoms with E-state index >= 15 is 0 Å². The number of nitrogen functional groups attached to an aromatic ring is 1. The summed E-state index contributed by atoms with van der Waals surface area (Å²) in [5, 5.41) is 2.57. The Labute approximate surface area is 122 Å². The van der Waals surface area contributed by atoms with Crippen LogP contribution in [0, 0.1) is 6.92 Å². The number of nitrogens with zero attached hydrogens (tertiary/aromatic N) is 4. The van der Waals surface area contributed by atoms with Gasteiger partial charge in [0.05, 0.1) is 5.69 Å². The van der Waals surface area contributed by atoms with Gasteiger partial charge in [0, 0.05) is 35.3 Å². The molecule has 0 aliphatic rings. The molecule has 3 heterocycles. The average molecular weight is 305 g/mol. The molecule has 8 heteroatoms. The molecule has 0 saturated carbocycles. The van der Waals surface area contributed by atoms with Crippen molar-refractivity contribution in [2.24, 2.45) is 0 Å². The zero-order chi connectivity index (χ0) is 14.1. The van der Waals surface area contributed by atoms with Crippen LogP contribution in [0.1, 0.15) is 11.4 Å².